The number of hydrogen-bond acceptors (Lipinski definition) is 5. The number of carbonyl (C=O) groups excluding carboxylic acids is 1. The van der Waals surface area contributed by atoms with Crippen LogP contribution in [0.15, 0.2) is 10.7 Å². The second-order valence-electron chi connectivity index (χ2n) is 3.68. The van der Waals surface area contributed by atoms with Crippen molar-refractivity contribution in [3.05, 3.63) is 26.3 Å². The van der Waals surface area contributed by atoms with Crippen LogP contribution in [0.3, 0.4) is 0 Å². The standard InChI is InChI=1S/C10H13BrN4O3/c1-6-7(15(17)18)5-14-10(9(6)11)13-4-2-3-8(12)16/h5H,2-4H2,1H3,(H2,12,16)(H,13,14). The summed E-state index contributed by atoms with van der Waals surface area (Å²) in [6, 6.07) is 0. The number of nitrogens with zero attached hydrogens (tertiary/aromatic N) is 2. The van der Waals surface area contributed by atoms with E-state index in [1.54, 1.807) is 6.92 Å². The van der Waals surface area contributed by atoms with E-state index in [1.165, 1.54) is 6.20 Å². The number of anilines is 1. The van der Waals surface area contributed by atoms with Crippen molar-refractivity contribution < 1.29 is 9.72 Å². The zero-order valence-electron chi connectivity index (χ0n) is 9.77. The van der Waals surface area contributed by atoms with E-state index in [-0.39, 0.29) is 18.0 Å². The maximum atomic E-state index is 10.7. The number of halogens is 1. The van der Waals surface area contributed by atoms with Crippen LogP contribution in [0.25, 0.3) is 0 Å². The van der Waals surface area contributed by atoms with E-state index < -0.39 is 4.92 Å². The lowest BCUT2D eigenvalue weighted by atomic mass is 10.2. The van der Waals surface area contributed by atoms with Crippen molar-refractivity contribution >= 4 is 33.3 Å². The van der Waals surface area contributed by atoms with Crippen molar-refractivity contribution in [1.29, 1.82) is 0 Å². The fourth-order valence-electron chi connectivity index (χ4n) is 1.35. The van der Waals surface area contributed by atoms with Gasteiger partial charge < -0.3 is 11.1 Å². The average molecular weight is 317 g/mol. The molecule has 0 radical (unpaired) electrons. The molecule has 7 nitrogen and oxygen atoms in total. The van der Waals surface area contributed by atoms with E-state index >= 15 is 0 Å². The Bertz CT molecular complexity index is 478. The summed E-state index contributed by atoms with van der Waals surface area (Å²) in [7, 11) is 0. The highest BCUT2D eigenvalue weighted by molar-refractivity contribution is 9.10. The molecule has 0 saturated carbocycles. The third kappa shape index (κ3) is 3.66. The van der Waals surface area contributed by atoms with Crippen molar-refractivity contribution in [1.82, 2.24) is 4.98 Å². The van der Waals surface area contributed by atoms with Gasteiger partial charge in [0.25, 0.3) is 5.69 Å². The Morgan fingerprint density at radius 3 is 2.89 bits per heavy atom. The first-order valence-corrected chi connectivity index (χ1v) is 6.04. The van der Waals surface area contributed by atoms with Gasteiger partial charge in [0.15, 0.2) is 0 Å². The monoisotopic (exact) mass is 316 g/mol. The largest absolute Gasteiger partial charge is 0.370 e. The summed E-state index contributed by atoms with van der Waals surface area (Å²) >= 11 is 3.26. The lowest BCUT2D eigenvalue weighted by Gasteiger charge is -2.08. The summed E-state index contributed by atoms with van der Waals surface area (Å²) in [5.41, 5.74) is 5.48. The number of aromatic nitrogens is 1. The molecule has 0 bridgehead atoms. The maximum Gasteiger partial charge on any atom is 0.291 e. The number of primary amides is 1. The minimum atomic E-state index is -0.482. The van der Waals surface area contributed by atoms with Gasteiger partial charge in [-0.1, -0.05) is 0 Å². The lowest BCUT2D eigenvalue weighted by molar-refractivity contribution is -0.385. The average Bonchev–Trinajstić information content (AvgIpc) is 2.29. The molecule has 8 heteroatoms. The fourth-order valence-corrected chi connectivity index (χ4v) is 1.79. The minimum Gasteiger partial charge on any atom is -0.370 e. The van der Waals surface area contributed by atoms with Crippen LogP contribution in [0, 0.1) is 17.0 Å². The van der Waals surface area contributed by atoms with Gasteiger partial charge >= 0.3 is 0 Å². The molecule has 1 amide bonds. The molecular formula is C10H13BrN4O3. The number of nitrogens with two attached hydrogens (primary N) is 1. The van der Waals surface area contributed by atoms with Crippen LogP contribution in [0.5, 0.6) is 0 Å². The first-order valence-electron chi connectivity index (χ1n) is 5.25. The third-order valence-electron chi connectivity index (χ3n) is 2.33. The van der Waals surface area contributed by atoms with E-state index in [9.17, 15) is 14.9 Å². The second-order valence-corrected chi connectivity index (χ2v) is 4.48. The van der Waals surface area contributed by atoms with Gasteiger partial charge in [0, 0.05) is 18.5 Å². The smallest absolute Gasteiger partial charge is 0.291 e. The van der Waals surface area contributed by atoms with Crippen LogP contribution in [-0.4, -0.2) is 22.4 Å². The fraction of sp³-hybridized carbons (Fsp3) is 0.400. The van der Waals surface area contributed by atoms with Gasteiger partial charge in [-0.15, -0.1) is 0 Å². The Labute approximate surface area is 112 Å². The molecule has 1 rings (SSSR count). The molecule has 1 heterocycles. The van der Waals surface area contributed by atoms with Crippen LogP contribution in [0.4, 0.5) is 11.5 Å². The van der Waals surface area contributed by atoms with Crippen molar-refractivity contribution in [3.63, 3.8) is 0 Å². The number of carbonyl (C=O) groups is 1. The number of nitro groups is 1. The number of pyridine rings is 1. The van der Waals surface area contributed by atoms with Crippen LogP contribution >= 0.6 is 15.9 Å². The highest BCUT2D eigenvalue weighted by atomic mass is 79.9. The van der Waals surface area contributed by atoms with Crippen molar-refractivity contribution in [3.8, 4) is 0 Å². The zero-order valence-corrected chi connectivity index (χ0v) is 11.4. The number of rotatable bonds is 6. The van der Waals surface area contributed by atoms with Crippen LogP contribution in [0.2, 0.25) is 0 Å². The predicted octanol–water partition coefficient (Wildman–Crippen LogP) is 1.74. The molecule has 0 fully saturated rings. The molecular weight excluding hydrogens is 304 g/mol. The third-order valence-corrected chi connectivity index (χ3v) is 3.30. The van der Waals surface area contributed by atoms with Crippen LogP contribution in [-0.2, 0) is 4.79 Å². The number of hydrogen-bond donors (Lipinski definition) is 2. The van der Waals surface area contributed by atoms with Gasteiger partial charge in [0.1, 0.15) is 12.0 Å². The highest BCUT2D eigenvalue weighted by Crippen LogP contribution is 2.30. The highest BCUT2D eigenvalue weighted by Gasteiger charge is 2.16. The molecule has 0 aromatic carbocycles. The Hall–Kier alpha value is -1.70. The summed E-state index contributed by atoms with van der Waals surface area (Å²) in [6.45, 7) is 2.16. The molecule has 0 aliphatic heterocycles. The molecule has 0 aliphatic carbocycles. The normalized spacial score (nSPS) is 10.1. The first-order chi connectivity index (χ1) is 8.43. The predicted molar refractivity (Wildman–Crippen MR) is 70.2 cm³/mol. The number of amides is 1. The summed E-state index contributed by atoms with van der Waals surface area (Å²) in [6.07, 6.45) is 2.08. The number of nitrogens with one attached hydrogen (secondary N) is 1. The van der Waals surface area contributed by atoms with Gasteiger partial charge in [-0.25, -0.2) is 4.98 Å². The zero-order chi connectivity index (χ0) is 13.7. The molecule has 1 aromatic rings. The van der Waals surface area contributed by atoms with Crippen molar-refractivity contribution in [2.75, 3.05) is 11.9 Å². The van der Waals surface area contributed by atoms with Gasteiger partial charge in [0.2, 0.25) is 5.91 Å². The Morgan fingerprint density at radius 2 is 2.33 bits per heavy atom. The lowest BCUT2D eigenvalue weighted by Crippen LogP contribution is -2.13. The Balaban J connectivity index is 2.71. The molecule has 98 valence electrons. The molecule has 0 aliphatic rings. The molecule has 18 heavy (non-hydrogen) atoms. The summed E-state index contributed by atoms with van der Waals surface area (Å²) < 4.78 is 0.552. The van der Waals surface area contributed by atoms with E-state index in [2.05, 4.69) is 26.2 Å². The SMILES string of the molecule is Cc1c([N+](=O)[O-])cnc(NCCCC(N)=O)c1Br. The van der Waals surface area contributed by atoms with Gasteiger partial charge in [0.05, 0.1) is 9.40 Å². The van der Waals surface area contributed by atoms with E-state index in [0.29, 0.717) is 28.8 Å². The Kier molecular flexibility index (Phi) is 5.02. The van der Waals surface area contributed by atoms with Crippen LogP contribution in [0.1, 0.15) is 18.4 Å². The van der Waals surface area contributed by atoms with Crippen LogP contribution < -0.4 is 11.1 Å². The summed E-state index contributed by atoms with van der Waals surface area (Å²) in [5.74, 6) is 0.159. The van der Waals surface area contributed by atoms with Crippen molar-refractivity contribution in [2.45, 2.75) is 19.8 Å². The van der Waals surface area contributed by atoms with Crippen molar-refractivity contribution in [2.24, 2.45) is 5.73 Å². The molecule has 3 N–H and O–H groups in total. The quantitative estimate of drug-likeness (QED) is 0.471. The maximum absolute atomic E-state index is 10.7. The topological polar surface area (TPSA) is 111 Å². The van der Waals surface area contributed by atoms with E-state index in [4.69, 9.17) is 5.73 Å². The Morgan fingerprint density at radius 1 is 1.67 bits per heavy atom. The molecule has 0 atom stereocenters. The molecule has 0 unspecified atom stereocenters. The van der Waals surface area contributed by atoms with Gasteiger partial charge in [-0.3, -0.25) is 14.9 Å². The first kappa shape index (κ1) is 14.4. The summed E-state index contributed by atoms with van der Waals surface area (Å²) in [4.78, 5) is 24.7. The molecule has 0 spiro atoms. The minimum absolute atomic E-state index is 0.0374. The van der Waals surface area contributed by atoms with E-state index in [0.717, 1.165) is 0 Å². The van der Waals surface area contributed by atoms with Gasteiger partial charge in [-0.2, -0.15) is 0 Å². The molecule has 0 saturated heterocycles. The summed E-state index contributed by atoms with van der Waals surface area (Å²) in [5, 5.41) is 13.7. The van der Waals surface area contributed by atoms with E-state index in [1.807, 2.05) is 0 Å². The van der Waals surface area contributed by atoms with Gasteiger partial charge in [-0.05, 0) is 29.3 Å². The molecule has 1 aromatic heterocycles. The second kappa shape index (κ2) is 6.29.